The normalized spacial score (nSPS) is 13.4. The van der Waals surface area contributed by atoms with Crippen LogP contribution in [0.4, 0.5) is 0 Å². The van der Waals surface area contributed by atoms with E-state index in [4.69, 9.17) is 9.47 Å². The highest BCUT2D eigenvalue weighted by atomic mass is 16.5. The lowest BCUT2D eigenvalue weighted by Gasteiger charge is -2.29. The summed E-state index contributed by atoms with van der Waals surface area (Å²) in [5.74, 6) is 1.30. The monoisotopic (exact) mass is 409 g/mol. The number of hydrogen-bond donors (Lipinski definition) is 0. The molecule has 3 aromatic rings. The molecule has 30 heavy (non-hydrogen) atoms. The molecule has 7 nitrogen and oxygen atoms in total. The summed E-state index contributed by atoms with van der Waals surface area (Å²) in [5, 5.41) is 0. The Morgan fingerprint density at radius 3 is 2.27 bits per heavy atom. The van der Waals surface area contributed by atoms with Gasteiger partial charge in [-0.05, 0) is 48.2 Å². The van der Waals surface area contributed by atoms with Gasteiger partial charge in [0.1, 0.15) is 6.54 Å². The Morgan fingerprint density at radius 2 is 1.63 bits per heavy atom. The smallest absolute Gasteiger partial charge is 0.329 e. The van der Waals surface area contributed by atoms with Crippen molar-refractivity contribution in [1.29, 1.82) is 0 Å². The lowest BCUT2D eigenvalue weighted by atomic mass is 9.98. The predicted molar refractivity (Wildman–Crippen MR) is 115 cm³/mol. The fourth-order valence-corrected chi connectivity index (χ4v) is 4.20. The Labute approximate surface area is 175 Å². The third kappa shape index (κ3) is 3.44. The standard InChI is InChI=1S/C23H27N3O4/c1-4-10-25-18-7-5-6-8-19(18)26(23(25)28)15-22(27)24-11-9-16-12-20(29-2)21(30-3)13-17(16)14-24/h5-8,12-13H,4,9-11,14-15H2,1-3H3. The number of ether oxygens (including phenoxy) is 2. The second-order valence-electron chi connectivity index (χ2n) is 7.55. The molecular formula is C23H27N3O4. The maximum atomic E-state index is 13.1. The van der Waals surface area contributed by atoms with Crippen molar-refractivity contribution in [3.8, 4) is 11.5 Å². The van der Waals surface area contributed by atoms with Gasteiger partial charge in [-0.1, -0.05) is 19.1 Å². The van der Waals surface area contributed by atoms with Crippen LogP contribution >= 0.6 is 0 Å². The summed E-state index contributed by atoms with van der Waals surface area (Å²) < 4.78 is 14.1. The first-order valence-electron chi connectivity index (χ1n) is 10.3. The lowest BCUT2D eigenvalue weighted by molar-refractivity contribution is -0.132. The number of aromatic nitrogens is 2. The number of hydrogen-bond acceptors (Lipinski definition) is 4. The van der Waals surface area contributed by atoms with E-state index in [1.165, 1.54) is 0 Å². The maximum absolute atomic E-state index is 13.1. The van der Waals surface area contributed by atoms with E-state index in [0.717, 1.165) is 35.0 Å². The highest BCUT2D eigenvalue weighted by molar-refractivity contribution is 5.81. The molecule has 0 bridgehead atoms. The topological polar surface area (TPSA) is 65.7 Å². The molecule has 0 spiro atoms. The molecule has 2 heterocycles. The molecule has 0 saturated carbocycles. The van der Waals surface area contributed by atoms with Crippen LogP contribution in [0.1, 0.15) is 24.5 Å². The molecule has 1 amide bonds. The van der Waals surface area contributed by atoms with Crippen LogP contribution in [0.2, 0.25) is 0 Å². The first-order valence-corrected chi connectivity index (χ1v) is 10.3. The SMILES string of the molecule is CCCn1c(=O)n(CC(=O)N2CCc3cc(OC)c(OC)cc3C2)c2ccccc21. The van der Waals surface area contributed by atoms with Gasteiger partial charge in [0.15, 0.2) is 11.5 Å². The van der Waals surface area contributed by atoms with Crippen LogP contribution in [0, 0.1) is 0 Å². The number of fused-ring (bicyclic) bond motifs is 2. The number of methoxy groups -OCH3 is 2. The van der Waals surface area contributed by atoms with Gasteiger partial charge in [0.05, 0.1) is 25.3 Å². The first-order chi connectivity index (χ1) is 14.6. The van der Waals surface area contributed by atoms with Crippen LogP contribution in [-0.2, 0) is 30.8 Å². The van der Waals surface area contributed by atoms with E-state index < -0.39 is 0 Å². The van der Waals surface area contributed by atoms with Crippen LogP contribution in [-0.4, -0.2) is 40.7 Å². The Kier molecular flexibility index (Phi) is 5.53. The van der Waals surface area contributed by atoms with E-state index in [9.17, 15) is 9.59 Å². The molecule has 0 saturated heterocycles. The van der Waals surface area contributed by atoms with Crippen LogP contribution in [0.3, 0.4) is 0 Å². The number of nitrogens with zero attached hydrogens (tertiary/aromatic N) is 3. The summed E-state index contributed by atoms with van der Waals surface area (Å²) in [7, 11) is 3.23. The number of aryl methyl sites for hydroxylation is 1. The fourth-order valence-electron chi connectivity index (χ4n) is 4.20. The summed E-state index contributed by atoms with van der Waals surface area (Å²) in [6.45, 7) is 3.83. The average molecular weight is 409 g/mol. The lowest BCUT2D eigenvalue weighted by Crippen LogP contribution is -2.39. The minimum atomic E-state index is -0.129. The van der Waals surface area contributed by atoms with E-state index >= 15 is 0 Å². The largest absolute Gasteiger partial charge is 0.493 e. The zero-order valence-corrected chi connectivity index (χ0v) is 17.7. The van der Waals surface area contributed by atoms with Gasteiger partial charge in [-0.2, -0.15) is 0 Å². The van der Waals surface area contributed by atoms with Crippen LogP contribution in [0.15, 0.2) is 41.2 Å². The van der Waals surface area contributed by atoms with Gasteiger partial charge in [0.25, 0.3) is 0 Å². The van der Waals surface area contributed by atoms with Gasteiger partial charge < -0.3 is 14.4 Å². The van der Waals surface area contributed by atoms with Crippen LogP contribution in [0.25, 0.3) is 11.0 Å². The van der Waals surface area contributed by atoms with E-state index in [2.05, 4.69) is 0 Å². The Morgan fingerprint density at radius 1 is 1.00 bits per heavy atom. The summed E-state index contributed by atoms with van der Waals surface area (Å²) in [5.41, 5.74) is 3.75. The predicted octanol–water partition coefficient (Wildman–Crippen LogP) is 2.82. The van der Waals surface area contributed by atoms with Gasteiger partial charge in [-0.15, -0.1) is 0 Å². The van der Waals surface area contributed by atoms with Crippen molar-refractivity contribution in [3.63, 3.8) is 0 Å². The van der Waals surface area contributed by atoms with Crippen molar-refractivity contribution in [2.24, 2.45) is 0 Å². The van der Waals surface area contributed by atoms with E-state index in [0.29, 0.717) is 31.1 Å². The number of carbonyl (C=O) groups is 1. The molecule has 4 rings (SSSR count). The van der Waals surface area contributed by atoms with Gasteiger partial charge in [0.2, 0.25) is 5.91 Å². The zero-order valence-electron chi connectivity index (χ0n) is 17.7. The highest BCUT2D eigenvalue weighted by Crippen LogP contribution is 2.33. The Hall–Kier alpha value is -3.22. The molecule has 158 valence electrons. The van der Waals surface area contributed by atoms with E-state index in [1.807, 2.05) is 48.2 Å². The fraction of sp³-hybridized carbons (Fsp3) is 0.391. The molecule has 1 aliphatic rings. The summed E-state index contributed by atoms with van der Waals surface area (Å²) in [6, 6.07) is 11.6. The second-order valence-corrected chi connectivity index (χ2v) is 7.55. The maximum Gasteiger partial charge on any atom is 0.329 e. The summed E-state index contributed by atoms with van der Waals surface area (Å²) in [6.07, 6.45) is 1.60. The van der Waals surface area contributed by atoms with Gasteiger partial charge in [0, 0.05) is 19.6 Å². The number of para-hydroxylation sites is 2. The first kappa shape index (κ1) is 20.1. The van der Waals surface area contributed by atoms with Crippen molar-refractivity contribution < 1.29 is 14.3 Å². The Balaban J connectivity index is 1.60. The molecule has 1 aliphatic heterocycles. The van der Waals surface area contributed by atoms with Crippen molar-refractivity contribution >= 4 is 16.9 Å². The average Bonchev–Trinajstić information content (AvgIpc) is 3.04. The van der Waals surface area contributed by atoms with Crippen molar-refractivity contribution in [1.82, 2.24) is 14.0 Å². The van der Waals surface area contributed by atoms with E-state index in [1.54, 1.807) is 23.4 Å². The van der Waals surface area contributed by atoms with Gasteiger partial charge >= 0.3 is 5.69 Å². The third-order valence-corrected chi connectivity index (χ3v) is 5.74. The number of imidazole rings is 1. The summed E-state index contributed by atoms with van der Waals surface area (Å²) in [4.78, 5) is 27.9. The van der Waals surface area contributed by atoms with E-state index in [-0.39, 0.29) is 18.1 Å². The second kappa shape index (κ2) is 8.26. The number of carbonyl (C=O) groups excluding carboxylic acids is 1. The van der Waals surface area contributed by atoms with Gasteiger partial charge in [-0.25, -0.2) is 4.79 Å². The zero-order chi connectivity index (χ0) is 21.3. The molecular weight excluding hydrogens is 382 g/mol. The van der Waals surface area contributed by atoms with Crippen molar-refractivity contribution in [3.05, 3.63) is 58.0 Å². The number of amides is 1. The number of benzene rings is 2. The molecule has 0 aliphatic carbocycles. The van der Waals surface area contributed by atoms with Crippen LogP contribution in [0.5, 0.6) is 11.5 Å². The third-order valence-electron chi connectivity index (χ3n) is 5.74. The quantitative estimate of drug-likeness (QED) is 0.628. The molecule has 1 aromatic heterocycles. The van der Waals surface area contributed by atoms with Crippen molar-refractivity contribution in [2.75, 3.05) is 20.8 Å². The minimum Gasteiger partial charge on any atom is -0.493 e. The number of rotatable bonds is 6. The van der Waals surface area contributed by atoms with Crippen molar-refractivity contribution in [2.45, 2.75) is 39.4 Å². The summed E-state index contributed by atoms with van der Waals surface area (Å²) >= 11 is 0. The Bertz CT molecular complexity index is 1150. The minimum absolute atomic E-state index is 0.0404. The molecule has 0 atom stereocenters. The molecule has 0 fully saturated rings. The highest BCUT2D eigenvalue weighted by Gasteiger charge is 2.24. The molecule has 0 unspecified atom stereocenters. The van der Waals surface area contributed by atoms with Gasteiger partial charge in [-0.3, -0.25) is 13.9 Å². The molecule has 2 aromatic carbocycles. The molecule has 0 radical (unpaired) electrons. The molecule has 0 N–H and O–H groups in total. The van der Waals surface area contributed by atoms with Crippen LogP contribution < -0.4 is 15.2 Å². The molecule has 7 heteroatoms.